The summed E-state index contributed by atoms with van der Waals surface area (Å²) < 4.78 is 34.0. The van der Waals surface area contributed by atoms with Crippen molar-refractivity contribution in [3.05, 3.63) is 11.8 Å². The second-order valence-corrected chi connectivity index (χ2v) is 9.17. The molecule has 25 heavy (non-hydrogen) atoms. The van der Waals surface area contributed by atoms with E-state index in [0.29, 0.717) is 31.7 Å². The molecule has 1 aromatic heterocycles. The summed E-state index contributed by atoms with van der Waals surface area (Å²) in [5.74, 6) is -1.71. The number of aliphatic carboxylic acids is 1. The van der Waals surface area contributed by atoms with Gasteiger partial charge in [-0.3, -0.25) is 14.9 Å². The number of aryl methyl sites for hydroxylation is 1. The number of carbonyl (C=O) groups is 2. The van der Waals surface area contributed by atoms with E-state index in [-0.39, 0.29) is 18.7 Å². The number of amides is 1. The maximum absolute atomic E-state index is 12.8. The summed E-state index contributed by atoms with van der Waals surface area (Å²) in [6, 6.07) is 1.39. The molecule has 1 aliphatic rings. The molecule has 0 atom stereocenters. The number of aromatic nitrogens is 1. The minimum Gasteiger partial charge on any atom is -0.481 e. The van der Waals surface area contributed by atoms with Crippen LogP contribution in [0.4, 0.5) is 5.88 Å². The Morgan fingerprint density at radius 2 is 2.00 bits per heavy atom. The van der Waals surface area contributed by atoms with E-state index in [1.54, 1.807) is 0 Å². The van der Waals surface area contributed by atoms with Crippen LogP contribution >= 0.6 is 0 Å². The van der Waals surface area contributed by atoms with Crippen LogP contribution < -0.4 is 5.32 Å². The third-order valence-corrected chi connectivity index (χ3v) is 7.21. The standard InChI is InChI=1S/C15H22N2O7S/c1-15(2,25(21,22)11-5-7-23-8-6-11)14(20)16-12-9-10(17-24-12)3-4-13(18)19/h9,11H,3-8H2,1-2H3,(H,16,20)(H,18,19). The third-order valence-electron chi connectivity index (χ3n) is 4.26. The highest BCUT2D eigenvalue weighted by Gasteiger charge is 2.46. The Labute approximate surface area is 145 Å². The molecule has 1 amide bonds. The monoisotopic (exact) mass is 374 g/mol. The normalized spacial score (nSPS) is 16.6. The van der Waals surface area contributed by atoms with Crippen LogP contribution in [0.5, 0.6) is 0 Å². The molecule has 1 saturated heterocycles. The van der Waals surface area contributed by atoms with Crippen LogP contribution in [0.2, 0.25) is 0 Å². The number of nitrogens with zero attached hydrogens (tertiary/aromatic N) is 1. The van der Waals surface area contributed by atoms with Crippen molar-refractivity contribution < 1.29 is 32.4 Å². The Hall–Kier alpha value is -1.94. The first-order chi connectivity index (χ1) is 11.6. The lowest BCUT2D eigenvalue weighted by Crippen LogP contribution is -2.50. The molecule has 0 unspecified atom stereocenters. The minimum absolute atomic E-state index is 0.0133. The molecule has 1 aromatic rings. The highest BCUT2D eigenvalue weighted by Crippen LogP contribution is 2.29. The van der Waals surface area contributed by atoms with Gasteiger partial charge in [-0.2, -0.15) is 0 Å². The molecule has 2 N–H and O–H groups in total. The molecule has 0 radical (unpaired) electrons. The summed E-state index contributed by atoms with van der Waals surface area (Å²) in [7, 11) is -3.73. The molecular weight excluding hydrogens is 352 g/mol. The molecule has 0 aromatic carbocycles. The molecule has 0 spiro atoms. The quantitative estimate of drug-likeness (QED) is 0.721. The van der Waals surface area contributed by atoms with E-state index in [9.17, 15) is 18.0 Å². The smallest absolute Gasteiger partial charge is 0.303 e. The Morgan fingerprint density at radius 1 is 1.36 bits per heavy atom. The van der Waals surface area contributed by atoms with Crippen molar-refractivity contribution >= 4 is 27.6 Å². The van der Waals surface area contributed by atoms with Gasteiger partial charge >= 0.3 is 5.97 Å². The van der Waals surface area contributed by atoms with Crippen molar-refractivity contribution in [1.29, 1.82) is 0 Å². The van der Waals surface area contributed by atoms with Crippen molar-refractivity contribution in [3.63, 3.8) is 0 Å². The van der Waals surface area contributed by atoms with E-state index in [0.717, 1.165) is 0 Å². The van der Waals surface area contributed by atoms with Crippen LogP contribution in [0.15, 0.2) is 10.6 Å². The van der Waals surface area contributed by atoms with Crippen LogP contribution in [0.1, 0.15) is 38.8 Å². The zero-order valence-electron chi connectivity index (χ0n) is 14.1. The summed E-state index contributed by atoms with van der Waals surface area (Å²) >= 11 is 0. The summed E-state index contributed by atoms with van der Waals surface area (Å²) in [4.78, 5) is 23.0. The van der Waals surface area contributed by atoms with Crippen molar-refractivity contribution in [2.45, 2.75) is 49.5 Å². The first-order valence-corrected chi connectivity index (χ1v) is 9.49. The third kappa shape index (κ3) is 4.37. The molecule has 0 saturated carbocycles. The van der Waals surface area contributed by atoms with Gasteiger partial charge in [-0.15, -0.1) is 0 Å². The topological polar surface area (TPSA) is 136 Å². The first-order valence-electron chi connectivity index (χ1n) is 7.94. The van der Waals surface area contributed by atoms with Gasteiger partial charge in [0.1, 0.15) is 4.75 Å². The Morgan fingerprint density at radius 3 is 2.60 bits per heavy atom. The number of hydrogen-bond donors (Lipinski definition) is 2. The van der Waals surface area contributed by atoms with Gasteiger partial charge in [-0.25, -0.2) is 8.42 Å². The number of hydrogen-bond acceptors (Lipinski definition) is 7. The largest absolute Gasteiger partial charge is 0.481 e. The SMILES string of the molecule is CC(C)(C(=O)Nc1cc(CCC(=O)O)no1)S(=O)(=O)C1CCOCC1. The van der Waals surface area contributed by atoms with Gasteiger partial charge in [0.05, 0.1) is 17.4 Å². The van der Waals surface area contributed by atoms with Crippen LogP contribution in [0.25, 0.3) is 0 Å². The van der Waals surface area contributed by atoms with Gasteiger partial charge in [0.2, 0.25) is 11.8 Å². The number of sulfone groups is 1. The zero-order valence-corrected chi connectivity index (χ0v) is 15.0. The fraction of sp³-hybridized carbons (Fsp3) is 0.667. The first kappa shape index (κ1) is 19.4. The lowest BCUT2D eigenvalue weighted by molar-refractivity contribution is -0.137. The van der Waals surface area contributed by atoms with Crippen LogP contribution in [0, 0.1) is 0 Å². The molecule has 1 fully saturated rings. The minimum atomic E-state index is -3.73. The Bertz CT molecular complexity index is 733. The zero-order chi connectivity index (χ0) is 18.7. The highest BCUT2D eigenvalue weighted by atomic mass is 32.2. The lowest BCUT2D eigenvalue weighted by atomic mass is 10.2. The van der Waals surface area contributed by atoms with E-state index in [1.807, 2.05) is 0 Å². The molecule has 10 heteroatoms. The van der Waals surface area contributed by atoms with E-state index < -0.39 is 31.7 Å². The second kappa shape index (κ2) is 7.52. The van der Waals surface area contributed by atoms with Crippen LogP contribution in [-0.2, 0) is 30.6 Å². The maximum atomic E-state index is 12.8. The highest BCUT2D eigenvalue weighted by molar-refractivity contribution is 7.94. The van der Waals surface area contributed by atoms with Gasteiger partial charge in [0.25, 0.3) is 0 Å². The van der Waals surface area contributed by atoms with Crippen LogP contribution in [0.3, 0.4) is 0 Å². The lowest BCUT2D eigenvalue weighted by Gasteiger charge is -2.30. The van der Waals surface area contributed by atoms with Crippen molar-refractivity contribution in [2.24, 2.45) is 0 Å². The average Bonchev–Trinajstić information content (AvgIpc) is 3.01. The molecule has 2 heterocycles. The molecule has 0 bridgehead atoms. The number of anilines is 1. The average molecular weight is 374 g/mol. The molecule has 9 nitrogen and oxygen atoms in total. The molecular formula is C15H22N2O7S. The van der Waals surface area contributed by atoms with Gasteiger partial charge < -0.3 is 14.4 Å². The van der Waals surface area contributed by atoms with E-state index in [2.05, 4.69) is 10.5 Å². The van der Waals surface area contributed by atoms with E-state index in [1.165, 1.54) is 19.9 Å². The number of carboxylic acids is 1. The van der Waals surface area contributed by atoms with Crippen molar-refractivity contribution in [2.75, 3.05) is 18.5 Å². The predicted octanol–water partition coefficient (Wildman–Crippen LogP) is 1.00. The Balaban J connectivity index is 2.06. The fourth-order valence-corrected chi connectivity index (χ4v) is 4.47. The summed E-state index contributed by atoms with van der Waals surface area (Å²) in [5, 5.41) is 14.1. The van der Waals surface area contributed by atoms with Crippen LogP contribution in [-0.4, -0.2) is 53.8 Å². The van der Waals surface area contributed by atoms with Crippen molar-refractivity contribution in [3.8, 4) is 0 Å². The predicted molar refractivity (Wildman–Crippen MR) is 87.9 cm³/mol. The van der Waals surface area contributed by atoms with Gasteiger partial charge in [-0.1, -0.05) is 5.16 Å². The van der Waals surface area contributed by atoms with E-state index >= 15 is 0 Å². The maximum Gasteiger partial charge on any atom is 0.303 e. The summed E-state index contributed by atoms with van der Waals surface area (Å²) in [6.45, 7) is 3.43. The van der Waals surface area contributed by atoms with E-state index in [4.69, 9.17) is 14.4 Å². The Kier molecular flexibility index (Phi) is 5.83. The van der Waals surface area contributed by atoms with Gasteiger partial charge in [-0.05, 0) is 26.7 Å². The fourth-order valence-electron chi connectivity index (χ4n) is 2.52. The second-order valence-electron chi connectivity index (χ2n) is 6.40. The number of carbonyl (C=O) groups excluding carboxylic acids is 1. The number of carboxylic acid groups (broad SMARTS) is 1. The number of rotatable bonds is 7. The summed E-state index contributed by atoms with van der Waals surface area (Å²) in [5.41, 5.74) is 0.364. The van der Waals surface area contributed by atoms with Gasteiger partial charge in [0.15, 0.2) is 9.84 Å². The molecule has 0 aliphatic carbocycles. The number of nitrogens with one attached hydrogen (secondary N) is 1. The van der Waals surface area contributed by atoms with Gasteiger partial charge in [0, 0.05) is 25.7 Å². The molecule has 1 aliphatic heterocycles. The number of ether oxygens (including phenoxy) is 1. The van der Waals surface area contributed by atoms with Crippen molar-refractivity contribution in [1.82, 2.24) is 5.16 Å². The summed E-state index contributed by atoms with van der Waals surface area (Å²) in [6.07, 6.45) is 0.753. The molecule has 140 valence electrons. The molecule has 2 rings (SSSR count).